The first-order valence-electron chi connectivity index (χ1n) is 5.92. The highest BCUT2D eigenvalue weighted by atomic mass is 16.3. The number of rotatable bonds is 3. The maximum Gasteiger partial charge on any atom is 0.112 e. The number of benzene rings is 2. The molecule has 2 aromatic rings. The van der Waals surface area contributed by atoms with Gasteiger partial charge in [0.15, 0.2) is 0 Å². The smallest absolute Gasteiger partial charge is 0.112 e. The van der Waals surface area contributed by atoms with E-state index in [1.807, 2.05) is 61.5 Å². The monoisotopic (exact) mass is 236 g/mol. The van der Waals surface area contributed by atoms with Gasteiger partial charge in [-0.15, -0.1) is 5.73 Å². The highest BCUT2D eigenvalue weighted by Gasteiger charge is 2.14. The fourth-order valence-corrected chi connectivity index (χ4v) is 1.89. The van der Waals surface area contributed by atoms with Gasteiger partial charge in [0.05, 0.1) is 0 Å². The fourth-order valence-electron chi connectivity index (χ4n) is 1.89. The molecule has 0 heterocycles. The van der Waals surface area contributed by atoms with Crippen molar-refractivity contribution in [1.29, 1.82) is 0 Å². The highest BCUT2D eigenvalue weighted by molar-refractivity contribution is 5.69. The minimum absolute atomic E-state index is 0.689. The first-order chi connectivity index (χ1) is 8.72. The van der Waals surface area contributed by atoms with E-state index in [4.69, 9.17) is 0 Å². The van der Waals surface area contributed by atoms with Gasteiger partial charge in [0.2, 0.25) is 0 Å². The second-order valence-electron chi connectivity index (χ2n) is 4.27. The van der Waals surface area contributed by atoms with Crippen molar-refractivity contribution < 1.29 is 5.11 Å². The summed E-state index contributed by atoms with van der Waals surface area (Å²) in [7, 11) is 0. The molecule has 1 nitrogen and oxygen atoms in total. The Balaban J connectivity index is 2.35. The van der Waals surface area contributed by atoms with E-state index in [2.05, 4.69) is 12.3 Å². The second-order valence-corrected chi connectivity index (χ2v) is 4.27. The number of hydrogen-bond donors (Lipinski definition) is 1. The van der Waals surface area contributed by atoms with Gasteiger partial charge in [0, 0.05) is 5.57 Å². The summed E-state index contributed by atoms with van der Waals surface area (Å²) < 4.78 is 0. The zero-order valence-corrected chi connectivity index (χ0v) is 10.4. The van der Waals surface area contributed by atoms with E-state index in [9.17, 15) is 5.11 Å². The second kappa shape index (κ2) is 5.50. The molecule has 1 heteroatoms. The van der Waals surface area contributed by atoms with Crippen molar-refractivity contribution in [3.8, 4) is 0 Å². The lowest BCUT2D eigenvalue weighted by molar-refractivity contribution is 0.238. The third-order valence-electron chi connectivity index (χ3n) is 2.94. The first kappa shape index (κ1) is 12.4. The number of aliphatic hydroxyl groups is 1. The molecule has 2 rings (SSSR count). The van der Waals surface area contributed by atoms with Gasteiger partial charge in [-0.2, -0.15) is 0 Å². The zero-order chi connectivity index (χ0) is 13.0. The molecular formula is C17H16O. The van der Waals surface area contributed by atoms with Gasteiger partial charge in [-0.3, -0.25) is 0 Å². The summed E-state index contributed by atoms with van der Waals surface area (Å²) in [6.07, 6.45) is -0.689. The Morgan fingerprint density at radius 1 is 1.06 bits per heavy atom. The molecule has 1 N–H and O–H groups in total. The average Bonchev–Trinajstić information content (AvgIpc) is 2.41. The predicted octanol–water partition coefficient (Wildman–Crippen LogP) is 3.90. The molecule has 0 aliphatic heterocycles. The van der Waals surface area contributed by atoms with Crippen LogP contribution in [-0.4, -0.2) is 5.11 Å². The van der Waals surface area contributed by atoms with E-state index >= 15 is 0 Å². The van der Waals surface area contributed by atoms with Crippen LogP contribution < -0.4 is 0 Å². The lowest BCUT2D eigenvalue weighted by Gasteiger charge is -2.14. The van der Waals surface area contributed by atoms with Gasteiger partial charge in [-0.05, 0) is 18.1 Å². The Bertz CT molecular complexity index is 560. The van der Waals surface area contributed by atoms with Crippen LogP contribution in [0.15, 0.2) is 66.9 Å². The first-order valence-corrected chi connectivity index (χ1v) is 5.92. The molecule has 1 unspecified atom stereocenters. The predicted molar refractivity (Wildman–Crippen MR) is 75.1 cm³/mol. The van der Waals surface area contributed by atoms with Crippen molar-refractivity contribution in [3.05, 3.63) is 83.6 Å². The highest BCUT2D eigenvalue weighted by Crippen LogP contribution is 2.28. The van der Waals surface area contributed by atoms with Crippen LogP contribution in [-0.2, 0) is 0 Å². The van der Waals surface area contributed by atoms with Gasteiger partial charge < -0.3 is 5.11 Å². The molecule has 1 atom stereocenters. The molecule has 0 saturated carbocycles. The summed E-state index contributed by atoms with van der Waals surface area (Å²) in [4.78, 5) is 0. The SMILES string of the molecule is C=C=C(c1ccccc1)C(O)c1ccc(C)cc1. The van der Waals surface area contributed by atoms with Crippen molar-refractivity contribution in [2.24, 2.45) is 0 Å². The van der Waals surface area contributed by atoms with E-state index in [1.165, 1.54) is 5.56 Å². The molecule has 0 aromatic heterocycles. The third kappa shape index (κ3) is 2.60. The topological polar surface area (TPSA) is 20.2 Å². The summed E-state index contributed by atoms with van der Waals surface area (Å²) >= 11 is 0. The molecular weight excluding hydrogens is 220 g/mol. The fraction of sp³-hybridized carbons (Fsp3) is 0.118. The van der Waals surface area contributed by atoms with Gasteiger partial charge in [0.1, 0.15) is 6.10 Å². The number of hydrogen-bond acceptors (Lipinski definition) is 1. The lowest BCUT2D eigenvalue weighted by Crippen LogP contribution is -2.00. The van der Waals surface area contributed by atoms with Crippen LogP contribution in [0.3, 0.4) is 0 Å². The van der Waals surface area contributed by atoms with E-state index in [0.29, 0.717) is 5.57 Å². The average molecular weight is 236 g/mol. The minimum Gasteiger partial charge on any atom is -0.383 e. The van der Waals surface area contributed by atoms with Gasteiger partial charge in [0.25, 0.3) is 0 Å². The Hall–Kier alpha value is -2.08. The van der Waals surface area contributed by atoms with Crippen molar-refractivity contribution in [1.82, 2.24) is 0 Å². The van der Waals surface area contributed by atoms with Crippen LogP contribution in [0.5, 0.6) is 0 Å². The number of aliphatic hydroxyl groups excluding tert-OH is 1. The number of aryl methyl sites for hydroxylation is 1. The molecule has 18 heavy (non-hydrogen) atoms. The maximum absolute atomic E-state index is 10.4. The van der Waals surface area contributed by atoms with Crippen LogP contribution >= 0.6 is 0 Å². The molecule has 0 aliphatic rings. The minimum atomic E-state index is -0.689. The molecule has 90 valence electrons. The molecule has 0 radical (unpaired) electrons. The summed E-state index contributed by atoms with van der Waals surface area (Å²) in [6, 6.07) is 17.6. The van der Waals surface area contributed by atoms with Crippen molar-refractivity contribution in [2.45, 2.75) is 13.0 Å². The summed E-state index contributed by atoms with van der Waals surface area (Å²) in [5, 5.41) is 10.4. The van der Waals surface area contributed by atoms with Gasteiger partial charge >= 0.3 is 0 Å². The molecule has 0 amide bonds. The summed E-state index contributed by atoms with van der Waals surface area (Å²) in [5.41, 5.74) is 6.53. The van der Waals surface area contributed by atoms with Crippen LogP contribution in [0.25, 0.3) is 5.57 Å². The Labute approximate surface area is 108 Å². The van der Waals surface area contributed by atoms with E-state index in [0.717, 1.165) is 11.1 Å². The Morgan fingerprint density at radius 2 is 1.67 bits per heavy atom. The Morgan fingerprint density at radius 3 is 2.22 bits per heavy atom. The zero-order valence-electron chi connectivity index (χ0n) is 10.4. The molecule has 2 aromatic carbocycles. The molecule has 0 aliphatic carbocycles. The maximum atomic E-state index is 10.4. The van der Waals surface area contributed by atoms with Crippen LogP contribution in [0.2, 0.25) is 0 Å². The van der Waals surface area contributed by atoms with Crippen LogP contribution in [0, 0.1) is 6.92 Å². The third-order valence-corrected chi connectivity index (χ3v) is 2.94. The largest absolute Gasteiger partial charge is 0.383 e. The molecule has 0 bridgehead atoms. The van der Waals surface area contributed by atoms with E-state index < -0.39 is 6.10 Å². The van der Waals surface area contributed by atoms with Crippen LogP contribution in [0.4, 0.5) is 0 Å². The van der Waals surface area contributed by atoms with Gasteiger partial charge in [-0.25, -0.2) is 0 Å². The summed E-state index contributed by atoms with van der Waals surface area (Å²) in [5.74, 6) is 0. The molecule has 0 saturated heterocycles. The standard InChI is InChI=1S/C17H16O/c1-3-16(14-7-5-4-6-8-14)17(18)15-11-9-13(2)10-12-15/h4-12,17-18H,1H2,2H3. The van der Waals surface area contributed by atoms with Crippen molar-refractivity contribution >= 4 is 5.57 Å². The Kier molecular flexibility index (Phi) is 3.78. The van der Waals surface area contributed by atoms with Crippen LogP contribution in [0.1, 0.15) is 22.8 Å². The lowest BCUT2D eigenvalue weighted by atomic mass is 9.95. The summed E-state index contributed by atoms with van der Waals surface area (Å²) in [6.45, 7) is 5.70. The molecule has 0 fully saturated rings. The van der Waals surface area contributed by atoms with E-state index in [-0.39, 0.29) is 0 Å². The van der Waals surface area contributed by atoms with Crippen molar-refractivity contribution in [3.63, 3.8) is 0 Å². The van der Waals surface area contributed by atoms with Gasteiger partial charge in [-0.1, -0.05) is 66.7 Å². The normalized spacial score (nSPS) is 11.7. The van der Waals surface area contributed by atoms with E-state index in [1.54, 1.807) is 0 Å². The van der Waals surface area contributed by atoms with Crippen molar-refractivity contribution in [2.75, 3.05) is 0 Å². The quantitative estimate of drug-likeness (QED) is 0.801. The molecule has 0 spiro atoms.